The van der Waals surface area contributed by atoms with Crippen LogP contribution < -0.4 is 5.73 Å². The molecule has 1 aliphatic heterocycles. The highest BCUT2D eigenvalue weighted by Gasteiger charge is 2.34. The van der Waals surface area contributed by atoms with Crippen LogP contribution in [0.25, 0.3) is 0 Å². The number of guanidine groups is 1. The number of ketones is 3. The second kappa shape index (κ2) is 108. The largest absolute Gasteiger partial charge is 0.480 e. The van der Waals surface area contributed by atoms with E-state index in [1.165, 1.54) is 316 Å². The van der Waals surface area contributed by atoms with Crippen LogP contribution in [-0.4, -0.2) is 279 Å². The molecule has 1 heterocycles. The van der Waals surface area contributed by atoms with Gasteiger partial charge in [0.15, 0.2) is 5.96 Å². The summed E-state index contributed by atoms with van der Waals surface area (Å²) in [5.41, 5.74) is 6.37. The third kappa shape index (κ3) is 95.1. The standard InChI is InChI=1S/C45H92N4O6.C30H59NO5.C28H57NO4.C18H35NO2/c1-5-8-11-14-17-20-23-26-30-40(51)36-48(37-41(52)31-27-24-21-18-15-12-9-6-2)43(44(54)55)33-29-34-47-45(46)49(35-39(4)50)38-42(53)32-28-25-22-19-16-13-10-7-3;1-4-6-8-10-12-14-16-18-20-27(33)24-31(29(30(35)36)23-22-26(3)32)25-28(34)21-19-17-15-13-11-9-7-5-2;1-4-6-8-10-12-14-16-18-20-26(32)22-29(28(24-30)25(3)31)23-27(33)21-19-17-15-13-11-9-7-5-2;1-3-4-5-6-7-8-9-10-12-17(21)15-19-14-11-13-18(19)16(2)20/h39-43,50-53H,5-38H2,1-4H3,(H2,46,47)(H,54,55);27-29,33-34H,4-25H2,1-3H3,(H,35,36);26-28,30,32-33H,4-24H2,1-3H3;17-18,21H,3-15H2,1-2H3. The van der Waals surface area contributed by atoms with Crippen LogP contribution in [0.2, 0.25) is 0 Å². The van der Waals surface area contributed by atoms with Crippen molar-refractivity contribution in [2.45, 2.75) is 663 Å². The highest BCUT2D eigenvalue weighted by atomic mass is 16.4. The molecule has 0 aromatic carbocycles. The molecule has 24 heteroatoms. The van der Waals surface area contributed by atoms with Gasteiger partial charge in [0.25, 0.3) is 0 Å². The van der Waals surface area contributed by atoms with Crippen molar-refractivity contribution in [1.29, 1.82) is 0 Å². The minimum Gasteiger partial charge on any atom is -0.480 e. The fourth-order valence-corrected chi connectivity index (χ4v) is 20.4. The number of nitrogens with two attached hydrogens (primary N) is 1. The number of carbonyl (C=O) groups excluding carboxylic acids is 3. The molecule has 864 valence electrons. The van der Waals surface area contributed by atoms with Gasteiger partial charge in [0, 0.05) is 71.9 Å². The normalized spacial score (nSPS) is 15.5. The summed E-state index contributed by atoms with van der Waals surface area (Å²) in [7, 11) is 0. The molecule has 13 atom stereocenters. The van der Waals surface area contributed by atoms with Gasteiger partial charge in [0.1, 0.15) is 29.4 Å². The first-order chi connectivity index (χ1) is 70.0. The number of hydrogen-bond donors (Lipinski definition) is 13. The van der Waals surface area contributed by atoms with Crippen molar-refractivity contribution < 1.29 is 85.3 Å². The summed E-state index contributed by atoms with van der Waals surface area (Å²) in [5.74, 6) is -1.62. The average molecular weight is 2070 g/mol. The lowest BCUT2D eigenvalue weighted by molar-refractivity contribution is -0.146. The Morgan fingerprint density at radius 1 is 0.303 bits per heavy atom. The van der Waals surface area contributed by atoms with Gasteiger partial charge in [-0.15, -0.1) is 0 Å². The lowest BCUT2D eigenvalue weighted by Crippen LogP contribution is -2.49. The average Bonchev–Trinajstić information content (AvgIpc) is 1.54. The predicted octanol–water partition coefficient (Wildman–Crippen LogP) is 26.0. The van der Waals surface area contributed by atoms with Crippen molar-refractivity contribution in [3.05, 3.63) is 0 Å². The number of carboxylic acids is 2. The number of aliphatic hydroxyl groups is 10. The molecule has 0 aromatic rings. The molecule has 0 saturated carbocycles. The molecule has 14 N–H and O–H groups in total. The molecule has 13 unspecified atom stereocenters. The number of Topliss-reactive ketones (excluding diaryl/α,β-unsaturated/α-hetero) is 3. The number of aliphatic hydroxyl groups excluding tert-OH is 10. The zero-order valence-corrected chi connectivity index (χ0v) is 96.8. The molecule has 1 saturated heterocycles. The maximum atomic E-state index is 12.7. The van der Waals surface area contributed by atoms with E-state index in [4.69, 9.17) is 5.73 Å². The summed E-state index contributed by atoms with van der Waals surface area (Å²) in [6, 6.07) is -2.31. The summed E-state index contributed by atoms with van der Waals surface area (Å²) in [6.45, 7) is 27.9. The molecule has 1 rings (SSSR count). The first-order valence-electron chi connectivity index (χ1n) is 61.7. The monoisotopic (exact) mass is 2070 g/mol. The van der Waals surface area contributed by atoms with Crippen LogP contribution in [0.5, 0.6) is 0 Å². The van der Waals surface area contributed by atoms with Crippen LogP contribution in [0.3, 0.4) is 0 Å². The van der Waals surface area contributed by atoms with E-state index >= 15 is 0 Å². The quantitative estimate of drug-likeness (QED) is 0.0153. The molecule has 0 bridgehead atoms. The van der Waals surface area contributed by atoms with Crippen molar-refractivity contribution in [2.24, 2.45) is 10.7 Å². The summed E-state index contributed by atoms with van der Waals surface area (Å²) in [6.07, 6.45) is 81.1. The number of carboxylic acid groups (broad SMARTS) is 2. The molecule has 0 aliphatic carbocycles. The number of aliphatic carboxylic acids is 2. The van der Waals surface area contributed by atoms with Crippen molar-refractivity contribution >= 4 is 35.2 Å². The molecule has 24 nitrogen and oxygen atoms in total. The first-order valence-corrected chi connectivity index (χ1v) is 61.7. The topological polar surface area (TPSA) is 383 Å². The number of hydrogen-bond acceptors (Lipinski definition) is 20. The van der Waals surface area contributed by atoms with Gasteiger partial charge in [-0.05, 0) is 118 Å². The lowest BCUT2D eigenvalue weighted by Gasteiger charge is -2.32. The van der Waals surface area contributed by atoms with Gasteiger partial charge in [0.2, 0.25) is 0 Å². The van der Waals surface area contributed by atoms with Gasteiger partial charge in [-0.25, -0.2) is 0 Å². The molecular formula is C121H243N7O17. The highest BCUT2D eigenvalue weighted by molar-refractivity contribution is 5.82. The van der Waals surface area contributed by atoms with E-state index in [9.17, 15) is 85.3 Å². The molecule has 0 radical (unpaired) electrons. The van der Waals surface area contributed by atoms with E-state index in [1.54, 1.807) is 33.4 Å². The zero-order chi connectivity index (χ0) is 108. The Hall–Kier alpha value is -3.34. The third-order valence-corrected chi connectivity index (χ3v) is 29.5. The number of carbonyl (C=O) groups is 5. The summed E-state index contributed by atoms with van der Waals surface area (Å²) in [4.78, 5) is 73.4. The van der Waals surface area contributed by atoms with Crippen LogP contribution in [0.1, 0.15) is 584 Å². The van der Waals surface area contributed by atoms with Gasteiger partial charge in [-0.2, -0.15) is 0 Å². The predicted molar refractivity (Wildman–Crippen MR) is 609 cm³/mol. The van der Waals surface area contributed by atoms with Crippen LogP contribution in [0.4, 0.5) is 0 Å². The molecular weight excluding hydrogens is 1820 g/mol. The number of nitrogens with zero attached hydrogens (tertiary/aromatic N) is 6. The molecule has 1 fully saturated rings. The molecule has 0 aromatic heterocycles. The van der Waals surface area contributed by atoms with Gasteiger partial charge >= 0.3 is 11.9 Å². The summed E-state index contributed by atoms with van der Waals surface area (Å²) >= 11 is 0. The maximum Gasteiger partial charge on any atom is 0.320 e. The Kier molecular flexibility index (Phi) is 108. The van der Waals surface area contributed by atoms with Crippen molar-refractivity contribution in [1.82, 2.24) is 24.5 Å². The van der Waals surface area contributed by atoms with Gasteiger partial charge in [0.05, 0.1) is 73.6 Å². The minimum atomic E-state index is -0.991. The van der Waals surface area contributed by atoms with Crippen molar-refractivity contribution in [3.63, 3.8) is 0 Å². The molecule has 145 heavy (non-hydrogen) atoms. The number of unbranched alkanes of at least 4 members (excludes halogenated alkanes) is 56. The van der Waals surface area contributed by atoms with E-state index in [-0.39, 0.29) is 94.2 Å². The van der Waals surface area contributed by atoms with E-state index in [2.05, 4.69) is 65.3 Å². The Morgan fingerprint density at radius 2 is 0.531 bits per heavy atom. The minimum absolute atomic E-state index is 0.0415. The Labute approximate surface area is 892 Å². The maximum absolute atomic E-state index is 12.7. The smallest absolute Gasteiger partial charge is 0.320 e. The number of rotatable bonds is 105. The van der Waals surface area contributed by atoms with Crippen molar-refractivity contribution in [3.8, 4) is 0 Å². The molecule has 0 amide bonds. The van der Waals surface area contributed by atoms with Crippen LogP contribution in [0, 0.1) is 0 Å². The SMILES string of the molecule is CCCCCCCCCCC(O)CN(CC(C)O)C(N)=NCCCC(C(=O)O)N(CC(O)CCCCCCCCCC)CC(O)CCCCCCCCCC.CCCCCCCCCCC(O)CN(CC(O)CCCCCCCCCC)C(CCC(C)=O)C(=O)O.CCCCCCCCCCC(O)CN(CC(O)CCCCCCCCCC)C(CO)C(C)=O.CCCCCCCCCCC(O)CN1CCCC1C(C)=O. The number of likely N-dealkylation sites (tertiary alicyclic amines) is 1. The van der Waals surface area contributed by atoms with Gasteiger partial charge in [-0.1, -0.05) is 466 Å². The van der Waals surface area contributed by atoms with E-state index < -0.39 is 78.9 Å². The van der Waals surface area contributed by atoms with Crippen LogP contribution in [-0.2, 0) is 24.0 Å². The van der Waals surface area contributed by atoms with Crippen molar-refractivity contribution in [2.75, 3.05) is 78.6 Å². The Balaban J connectivity index is -0.00000195. The van der Waals surface area contributed by atoms with E-state index in [0.29, 0.717) is 84.0 Å². The second-order valence-corrected chi connectivity index (χ2v) is 44.4. The summed E-state index contributed by atoms with van der Waals surface area (Å²) < 4.78 is 0. The molecule has 0 spiro atoms. The number of aliphatic imine (C=N–C) groups is 1. The third-order valence-electron chi connectivity index (χ3n) is 29.5. The zero-order valence-electron chi connectivity index (χ0n) is 96.8. The van der Waals surface area contributed by atoms with E-state index in [1.807, 2.05) is 0 Å². The fraction of sp³-hybridized carbons (Fsp3) is 0.950. The lowest BCUT2D eigenvalue weighted by atomic mass is 10.0. The highest BCUT2D eigenvalue weighted by Crippen LogP contribution is 2.26. The Bertz CT molecular complexity index is 2740. The fourth-order valence-electron chi connectivity index (χ4n) is 20.4. The van der Waals surface area contributed by atoms with E-state index in [0.717, 1.165) is 135 Å². The number of β-amino-alcohol motifs (C(OH)–C–C–N with tert-alkyl or cyclic N) is 1. The van der Waals surface area contributed by atoms with Gasteiger partial charge < -0.3 is 76.7 Å². The Morgan fingerprint density at radius 3 is 0.752 bits per heavy atom. The van der Waals surface area contributed by atoms with Crippen LogP contribution >= 0.6 is 0 Å². The first kappa shape index (κ1) is 146. The van der Waals surface area contributed by atoms with Crippen LogP contribution in [0.15, 0.2) is 4.99 Å². The molecule has 1 aliphatic rings. The van der Waals surface area contributed by atoms with Gasteiger partial charge in [-0.3, -0.25) is 43.8 Å². The summed E-state index contributed by atoms with van der Waals surface area (Å²) in [5, 5.41) is 125. The second-order valence-electron chi connectivity index (χ2n) is 44.4.